The first-order valence-corrected chi connectivity index (χ1v) is 7.90. The van der Waals surface area contributed by atoms with Gasteiger partial charge in [0.1, 0.15) is 6.10 Å². The lowest BCUT2D eigenvalue weighted by Gasteiger charge is -2.12. The van der Waals surface area contributed by atoms with Gasteiger partial charge in [0.2, 0.25) is 11.8 Å². The first kappa shape index (κ1) is 15.3. The number of ether oxygens (including phenoxy) is 1. The minimum Gasteiger partial charge on any atom is -0.367 e. The molecule has 1 saturated heterocycles. The van der Waals surface area contributed by atoms with Crippen molar-refractivity contribution in [3.8, 4) is 0 Å². The number of rotatable bonds is 5. The highest BCUT2D eigenvalue weighted by Gasteiger charge is 2.44. The SMILES string of the molecule is NC(=O)[C@@H]1CC[C@H](CNC(=O)[C@@H]2C[C@@H]2c2cccc(Cl)c2)O1. The lowest BCUT2D eigenvalue weighted by atomic mass is 10.1. The molecule has 1 aliphatic carbocycles. The molecule has 4 atom stereocenters. The minimum absolute atomic E-state index is 0.00630. The number of hydrogen-bond donors (Lipinski definition) is 2. The van der Waals surface area contributed by atoms with Crippen molar-refractivity contribution in [3.63, 3.8) is 0 Å². The van der Waals surface area contributed by atoms with E-state index in [1.165, 1.54) is 0 Å². The van der Waals surface area contributed by atoms with Gasteiger partial charge < -0.3 is 15.8 Å². The summed E-state index contributed by atoms with van der Waals surface area (Å²) in [6, 6.07) is 7.65. The van der Waals surface area contributed by atoms with Gasteiger partial charge in [0.25, 0.3) is 0 Å². The molecule has 2 fully saturated rings. The van der Waals surface area contributed by atoms with E-state index in [4.69, 9.17) is 22.1 Å². The van der Waals surface area contributed by atoms with Crippen molar-refractivity contribution in [1.82, 2.24) is 5.32 Å². The molecule has 3 N–H and O–H groups in total. The van der Waals surface area contributed by atoms with Crippen LogP contribution in [-0.2, 0) is 14.3 Å². The number of nitrogens with two attached hydrogens (primary N) is 1. The zero-order valence-corrected chi connectivity index (χ0v) is 12.9. The largest absolute Gasteiger partial charge is 0.367 e. The number of hydrogen-bond acceptors (Lipinski definition) is 3. The molecule has 6 heteroatoms. The summed E-state index contributed by atoms with van der Waals surface area (Å²) in [5.41, 5.74) is 6.32. The predicted molar refractivity (Wildman–Crippen MR) is 82.4 cm³/mol. The molecule has 1 heterocycles. The normalized spacial score (nSPS) is 30.0. The summed E-state index contributed by atoms with van der Waals surface area (Å²) in [7, 11) is 0. The van der Waals surface area contributed by atoms with E-state index in [1.807, 2.05) is 24.3 Å². The van der Waals surface area contributed by atoms with E-state index in [0.29, 0.717) is 18.0 Å². The van der Waals surface area contributed by atoms with Crippen molar-refractivity contribution in [1.29, 1.82) is 0 Å². The van der Waals surface area contributed by atoms with Crippen LogP contribution in [0.3, 0.4) is 0 Å². The third-order valence-electron chi connectivity index (χ3n) is 4.33. The molecular weight excluding hydrogens is 304 g/mol. The van der Waals surface area contributed by atoms with Gasteiger partial charge in [-0.1, -0.05) is 23.7 Å². The summed E-state index contributed by atoms with van der Waals surface area (Å²) in [4.78, 5) is 23.2. The summed E-state index contributed by atoms with van der Waals surface area (Å²) in [6.07, 6.45) is 1.59. The molecule has 1 aromatic carbocycles. The Morgan fingerprint density at radius 1 is 1.36 bits per heavy atom. The van der Waals surface area contributed by atoms with E-state index in [0.717, 1.165) is 18.4 Å². The molecule has 0 bridgehead atoms. The molecule has 118 valence electrons. The topological polar surface area (TPSA) is 81.4 Å². The minimum atomic E-state index is -0.512. The number of primary amides is 1. The Balaban J connectivity index is 1.45. The second-order valence-corrected chi connectivity index (χ2v) is 6.41. The number of halogens is 1. The Bertz CT molecular complexity index is 593. The highest BCUT2D eigenvalue weighted by molar-refractivity contribution is 6.30. The van der Waals surface area contributed by atoms with Gasteiger partial charge in [-0.25, -0.2) is 0 Å². The summed E-state index contributed by atoms with van der Waals surface area (Å²) >= 11 is 5.98. The van der Waals surface area contributed by atoms with Gasteiger partial charge in [-0.2, -0.15) is 0 Å². The molecule has 0 aromatic heterocycles. The Morgan fingerprint density at radius 3 is 2.86 bits per heavy atom. The second kappa shape index (κ2) is 6.26. The van der Waals surface area contributed by atoms with Crippen LogP contribution in [0.15, 0.2) is 24.3 Å². The van der Waals surface area contributed by atoms with E-state index in [1.54, 1.807) is 0 Å². The monoisotopic (exact) mass is 322 g/mol. The highest BCUT2D eigenvalue weighted by atomic mass is 35.5. The van der Waals surface area contributed by atoms with E-state index in [2.05, 4.69) is 5.32 Å². The van der Waals surface area contributed by atoms with Crippen molar-refractivity contribution in [2.24, 2.45) is 11.7 Å². The predicted octanol–water partition coefficient (Wildman–Crippen LogP) is 1.59. The average Bonchev–Trinajstić information content (AvgIpc) is 3.15. The van der Waals surface area contributed by atoms with Crippen LogP contribution in [0.25, 0.3) is 0 Å². The van der Waals surface area contributed by atoms with E-state index >= 15 is 0 Å². The van der Waals surface area contributed by atoms with Crippen molar-refractivity contribution in [3.05, 3.63) is 34.9 Å². The second-order valence-electron chi connectivity index (χ2n) is 5.98. The Kier molecular flexibility index (Phi) is 4.36. The van der Waals surface area contributed by atoms with Crippen LogP contribution in [0, 0.1) is 5.92 Å². The van der Waals surface area contributed by atoms with Crippen molar-refractivity contribution in [2.75, 3.05) is 6.54 Å². The van der Waals surface area contributed by atoms with Crippen molar-refractivity contribution >= 4 is 23.4 Å². The molecule has 2 aliphatic rings. The number of amides is 2. The molecule has 0 unspecified atom stereocenters. The number of carbonyl (C=O) groups is 2. The first-order valence-electron chi connectivity index (χ1n) is 7.52. The molecular formula is C16H19ClN2O3. The average molecular weight is 323 g/mol. The van der Waals surface area contributed by atoms with Gasteiger partial charge in [-0.3, -0.25) is 9.59 Å². The van der Waals surface area contributed by atoms with Gasteiger partial charge >= 0.3 is 0 Å². The summed E-state index contributed by atoms with van der Waals surface area (Å²) in [5, 5.41) is 3.61. The molecule has 1 saturated carbocycles. The van der Waals surface area contributed by atoms with Crippen LogP contribution in [0.5, 0.6) is 0 Å². The van der Waals surface area contributed by atoms with Crippen LogP contribution in [0.4, 0.5) is 0 Å². The third-order valence-corrected chi connectivity index (χ3v) is 4.57. The lowest BCUT2D eigenvalue weighted by Crippen LogP contribution is -2.35. The Hall–Kier alpha value is -1.59. The van der Waals surface area contributed by atoms with Gasteiger partial charge in [-0.15, -0.1) is 0 Å². The quantitative estimate of drug-likeness (QED) is 0.863. The van der Waals surface area contributed by atoms with Gasteiger partial charge in [0.05, 0.1) is 6.10 Å². The van der Waals surface area contributed by atoms with Gasteiger partial charge in [-0.05, 0) is 42.9 Å². The van der Waals surface area contributed by atoms with Crippen LogP contribution < -0.4 is 11.1 Å². The summed E-state index contributed by atoms with van der Waals surface area (Å²) in [5.74, 6) is -0.137. The Morgan fingerprint density at radius 2 is 2.18 bits per heavy atom. The molecule has 0 spiro atoms. The zero-order chi connectivity index (χ0) is 15.7. The van der Waals surface area contributed by atoms with E-state index in [9.17, 15) is 9.59 Å². The van der Waals surface area contributed by atoms with Crippen LogP contribution in [0.1, 0.15) is 30.7 Å². The van der Waals surface area contributed by atoms with Gasteiger partial charge in [0, 0.05) is 17.5 Å². The first-order chi connectivity index (χ1) is 10.5. The third kappa shape index (κ3) is 3.42. The van der Waals surface area contributed by atoms with Crippen molar-refractivity contribution < 1.29 is 14.3 Å². The summed E-state index contributed by atoms with van der Waals surface area (Å²) < 4.78 is 5.49. The number of benzene rings is 1. The molecule has 1 aromatic rings. The van der Waals surface area contributed by atoms with Crippen LogP contribution in [0.2, 0.25) is 5.02 Å². The molecule has 3 rings (SSSR count). The highest BCUT2D eigenvalue weighted by Crippen LogP contribution is 2.47. The van der Waals surface area contributed by atoms with Crippen LogP contribution >= 0.6 is 11.6 Å². The maximum Gasteiger partial charge on any atom is 0.246 e. The maximum absolute atomic E-state index is 12.2. The smallest absolute Gasteiger partial charge is 0.246 e. The molecule has 5 nitrogen and oxygen atoms in total. The molecule has 1 aliphatic heterocycles. The van der Waals surface area contributed by atoms with Crippen molar-refractivity contribution in [2.45, 2.75) is 37.4 Å². The summed E-state index contributed by atoms with van der Waals surface area (Å²) in [6.45, 7) is 0.432. The zero-order valence-electron chi connectivity index (χ0n) is 12.1. The van der Waals surface area contributed by atoms with E-state index < -0.39 is 12.0 Å². The maximum atomic E-state index is 12.2. The number of carbonyl (C=O) groups excluding carboxylic acids is 2. The van der Waals surface area contributed by atoms with E-state index in [-0.39, 0.29) is 23.8 Å². The molecule has 22 heavy (non-hydrogen) atoms. The fourth-order valence-electron chi connectivity index (χ4n) is 3.00. The fraction of sp³-hybridized carbons (Fsp3) is 0.500. The molecule has 0 radical (unpaired) electrons. The standard InChI is InChI=1S/C16H19ClN2O3/c17-10-3-1-2-9(6-10)12-7-13(12)16(21)19-8-11-4-5-14(22-11)15(18)20/h1-3,6,11-14H,4-5,7-8H2,(H2,18,20)(H,19,21)/t11-,12-,13-,14+/m1/s1. The van der Waals surface area contributed by atoms with Crippen LogP contribution in [-0.4, -0.2) is 30.6 Å². The lowest BCUT2D eigenvalue weighted by molar-refractivity contribution is -0.128. The molecule has 2 amide bonds. The fourth-order valence-corrected chi connectivity index (χ4v) is 3.20. The number of nitrogens with one attached hydrogen (secondary N) is 1. The van der Waals surface area contributed by atoms with Gasteiger partial charge in [0.15, 0.2) is 0 Å². The Labute approximate surface area is 134 Å².